The number of amides is 1. The van der Waals surface area contributed by atoms with Gasteiger partial charge in [0.25, 0.3) is 5.91 Å². The van der Waals surface area contributed by atoms with E-state index in [2.05, 4.69) is 30.4 Å². The van der Waals surface area contributed by atoms with Gasteiger partial charge in [-0.15, -0.1) is 0 Å². The van der Waals surface area contributed by atoms with Gasteiger partial charge in [0, 0.05) is 12.6 Å². The molecule has 1 amide bonds. The molecule has 0 fully saturated rings. The van der Waals surface area contributed by atoms with E-state index in [4.69, 9.17) is 0 Å². The van der Waals surface area contributed by atoms with Crippen molar-refractivity contribution in [1.29, 1.82) is 0 Å². The van der Waals surface area contributed by atoms with Gasteiger partial charge in [0.05, 0.1) is 0 Å². The maximum Gasteiger partial charge on any atom is 0.251 e. The molecular formula is C16H17NO. The number of hydrogen-bond acceptors (Lipinski definition) is 1. The molecule has 0 saturated heterocycles. The standard InChI is InChI=1S/C16H17NO/c1-3-13-14(12-8-5-4-6-9-12)10-7-11-15(13)16(18)17-2/h4-11H,3H2,1-2H3,(H,17,18). The van der Waals surface area contributed by atoms with E-state index < -0.39 is 0 Å². The molecule has 0 aromatic heterocycles. The van der Waals surface area contributed by atoms with Crippen molar-refractivity contribution in [2.24, 2.45) is 0 Å². The van der Waals surface area contributed by atoms with E-state index in [0.717, 1.165) is 28.7 Å². The predicted octanol–water partition coefficient (Wildman–Crippen LogP) is 3.28. The molecular weight excluding hydrogens is 222 g/mol. The minimum atomic E-state index is -0.0235. The van der Waals surface area contributed by atoms with E-state index in [-0.39, 0.29) is 5.91 Å². The number of benzene rings is 2. The number of carbonyl (C=O) groups excluding carboxylic acids is 1. The van der Waals surface area contributed by atoms with E-state index >= 15 is 0 Å². The Balaban J connectivity index is 2.59. The van der Waals surface area contributed by atoms with Crippen molar-refractivity contribution < 1.29 is 4.79 Å². The third kappa shape index (κ3) is 2.28. The van der Waals surface area contributed by atoms with Gasteiger partial charge in [-0.1, -0.05) is 49.4 Å². The summed E-state index contributed by atoms with van der Waals surface area (Å²) in [6.07, 6.45) is 0.841. The first-order chi connectivity index (χ1) is 8.77. The summed E-state index contributed by atoms with van der Waals surface area (Å²) >= 11 is 0. The highest BCUT2D eigenvalue weighted by Crippen LogP contribution is 2.26. The lowest BCUT2D eigenvalue weighted by Crippen LogP contribution is -2.19. The minimum absolute atomic E-state index is 0.0235. The molecule has 0 spiro atoms. The largest absolute Gasteiger partial charge is 0.355 e. The van der Waals surface area contributed by atoms with Crippen LogP contribution in [0.3, 0.4) is 0 Å². The number of rotatable bonds is 3. The molecule has 1 N–H and O–H groups in total. The molecule has 0 saturated carbocycles. The van der Waals surface area contributed by atoms with Crippen molar-refractivity contribution in [2.75, 3.05) is 7.05 Å². The smallest absolute Gasteiger partial charge is 0.251 e. The molecule has 2 nitrogen and oxygen atoms in total. The van der Waals surface area contributed by atoms with Crippen LogP contribution in [0.5, 0.6) is 0 Å². The van der Waals surface area contributed by atoms with Crippen LogP contribution in [0.2, 0.25) is 0 Å². The fraction of sp³-hybridized carbons (Fsp3) is 0.188. The Morgan fingerprint density at radius 1 is 1.06 bits per heavy atom. The normalized spacial score (nSPS) is 10.1. The highest BCUT2D eigenvalue weighted by atomic mass is 16.1. The first-order valence-electron chi connectivity index (χ1n) is 6.17. The average molecular weight is 239 g/mol. The summed E-state index contributed by atoms with van der Waals surface area (Å²) in [7, 11) is 1.66. The summed E-state index contributed by atoms with van der Waals surface area (Å²) in [5.41, 5.74) is 4.16. The molecule has 2 heteroatoms. The molecule has 0 radical (unpaired) electrons. The number of hydrogen-bond donors (Lipinski definition) is 1. The van der Waals surface area contributed by atoms with Gasteiger partial charge < -0.3 is 5.32 Å². The van der Waals surface area contributed by atoms with Crippen LogP contribution < -0.4 is 5.32 Å². The Morgan fingerprint density at radius 2 is 1.78 bits per heavy atom. The van der Waals surface area contributed by atoms with Crippen LogP contribution in [0.4, 0.5) is 0 Å². The predicted molar refractivity (Wildman–Crippen MR) is 74.6 cm³/mol. The molecule has 2 rings (SSSR count). The molecule has 0 aliphatic heterocycles. The summed E-state index contributed by atoms with van der Waals surface area (Å²) < 4.78 is 0. The Morgan fingerprint density at radius 3 is 2.39 bits per heavy atom. The monoisotopic (exact) mass is 239 g/mol. The molecule has 2 aromatic rings. The van der Waals surface area contributed by atoms with Crippen molar-refractivity contribution in [3.05, 3.63) is 59.7 Å². The van der Waals surface area contributed by atoms with Crippen molar-refractivity contribution in [2.45, 2.75) is 13.3 Å². The second-order valence-electron chi connectivity index (χ2n) is 4.13. The Kier molecular flexibility index (Phi) is 3.78. The van der Waals surface area contributed by atoms with Gasteiger partial charge in [0.15, 0.2) is 0 Å². The highest BCUT2D eigenvalue weighted by Gasteiger charge is 2.12. The van der Waals surface area contributed by atoms with Gasteiger partial charge in [-0.3, -0.25) is 4.79 Å². The van der Waals surface area contributed by atoms with Crippen LogP contribution in [-0.2, 0) is 6.42 Å². The van der Waals surface area contributed by atoms with Crippen LogP contribution in [0.15, 0.2) is 48.5 Å². The van der Waals surface area contributed by atoms with E-state index in [1.165, 1.54) is 0 Å². The van der Waals surface area contributed by atoms with Crippen LogP contribution in [0.25, 0.3) is 11.1 Å². The summed E-state index contributed by atoms with van der Waals surface area (Å²) in [6.45, 7) is 2.08. The van der Waals surface area contributed by atoms with E-state index in [0.29, 0.717) is 0 Å². The fourth-order valence-corrected chi connectivity index (χ4v) is 2.20. The second-order valence-corrected chi connectivity index (χ2v) is 4.13. The zero-order chi connectivity index (χ0) is 13.0. The third-order valence-corrected chi connectivity index (χ3v) is 3.09. The van der Waals surface area contributed by atoms with Crippen molar-refractivity contribution in [1.82, 2.24) is 5.32 Å². The fourth-order valence-electron chi connectivity index (χ4n) is 2.20. The van der Waals surface area contributed by atoms with Crippen LogP contribution in [0, 0.1) is 0 Å². The van der Waals surface area contributed by atoms with Gasteiger partial charge in [-0.05, 0) is 29.2 Å². The summed E-state index contributed by atoms with van der Waals surface area (Å²) in [4.78, 5) is 11.9. The topological polar surface area (TPSA) is 29.1 Å². The van der Waals surface area contributed by atoms with Gasteiger partial charge in [-0.25, -0.2) is 0 Å². The SMILES string of the molecule is CCc1c(C(=O)NC)cccc1-c1ccccc1. The molecule has 0 atom stereocenters. The summed E-state index contributed by atoms with van der Waals surface area (Å²) in [6, 6.07) is 16.1. The average Bonchev–Trinajstić information content (AvgIpc) is 2.46. The van der Waals surface area contributed by atoms with E-state index in [9.17, 15) is 4.79 Å². The Labute approximate surface area is 108 Å². The molecule has 0 unspecified atom stereocenters. The highest BCUT2D eigenvalue weighted by molar-refractivity contribution is 5.97. The van der Waals surface area contributed by atoms with Crippen LogP contribution in [0.1, 0.15) is 22.8 Å². The van der Waals surface area contributed by atoms with Gasteiger partial charge in [0.2, 0.25) is 0 Å². The Bertz CT molecular complexity index is 546. The van der Waals surface area contributed by atoms with Gasteiger partial charge in [-0.2, -0.15) is 0 Å². The zero-order valence-corrected chi connectivity index (χ0v) is 10.7. The van der Waals surface area contributed by atoms with Crippen molar-refractivity contribution in [3.8, 4) is 11.1 Å². The molecule has 0 aliphatic rings. The second kappa shape index (κ2) is 5.50. The number of carbonyl (C=O) groups is 1. The lowest BCUT2D eigenvalue weighted by molar-refractivity contribution is 0.0962. The first-order valence-corrected chi connectivity index (χ1v) is 6.17. The molecule has 18 heavy (non-hydrogen) atoms. The molecule has 0 heterocycles. The lowest BCUT2D eigenvalue weighted by Gasteiger charge is -2.12. The van der Waals surface area contributed by atoms with Crippen molar-refractivity contribution in [3.63, 3.8) is 0 Å². The maximum absolute atomic E-state index is 11.9. The van der Waals surface area contributed by atoms with E-state index in [1.807, 2.05) is 30.3 Å². The molecule has 0 bridgehead atoms. The van der Waals surface area contributed by atoms with Gasteiger partial charge >= 0.3 is 0 Å². The third-order valence-electron chi connectivity index (χ3n) is 3.09. The van der Waals surface area contributed by atoms with Crippen LogP contribution >= 0.6 is 0 Å². The first kappa shape index (κ1) is 12.4. The molecule has 2 aromatic carbocycles. The minimum Gasteiger partial charge on any atom is -0.355 e. The maximum atomic E-state index is 11.9. The number of nitrogens with one attached hydrogen (secondary N) is 1. The zero-order valence-electron chi connectivity index (χ0n) is 10.7. The summed E-state index contributed by atoms with van der Waals surface area (Å²) in [5.74, 6) is -0.0235. The van der Waals surface area contributed by atoms with Gasteiger partial charge in [0.1, 0.15) is 0 Å². The molecule has 92 valence electrons. The quantitative estimate of drug-likeness (QED) is 0.875. The molecule has 0 aliphatic carbocycles. The Hall–Kier alpha value is -2.09. The lowest BCUT2D eigenvalue weighted by atomic mass is 9.93. The van der Waals surface area contributed by atoms with Crippen LogP contribution in [-0.4, -0.2) is 13.0 Å². The van der Waals surface area contributed by atoms with E-state index in [1.54, 1.807) is 7.05 Å². The van der Waals surface area contributed by atoms with Crippen molar-refractivity contribution >= 4 is 5.91 Å². The summed E-state index contributed by atoms with van der Waals surface area (Å²) in [5, 5.41) is 2.70.